The van der Waals surface area contributed by atoms with Gasteiger partial charge in [-0.1, -0.05) is 29.8 Å². The van der Waals surface area contributed by atoms with Crippen molar-refractivity contribution in [3.8, 4) is 5.75 Å². The molecule has 1 heterocycles. The Kier molecular flexibility index (Phi) is 6.15. The number of carbonyl (C=O) groups excluding carboxylic acids is 1. The lowest BCUT2D eigenvalue weighted by atomic mass is 10.2. The zero-order chi connectivity index (χ0) is 19.1. The Labute approximate surface area is 159 Å². The molecular weight excluding hydrogens is 340 g/mol. The van der Waals surface area contributed by atoms with E-state index in [2.05, 4.69) is 5.32 Å². The van der Waals surface area contributed by atoms with E-state index in [1.165, 1.54) is 5.56 Å². The molecule has 0 aliphatic carbocycles. The first-order valence-electron chi connectivity index (χ1n) is 8.87. The molecule has 27 heavy (non-hydrogen) atoms. The number of nitrogens with one attached hydrogen (secondary N) is 1. The minimum absolute atomic E-state index is 0.0510. The average Bonchev–Trinajstić information content (AvgIpc) is 3.20. The van der Waals surface area contributed by atoms with Crippen LogP contribution < -0.4 is 15.0 Å². The highest BCUT2D eigenvalue weighted by Gasteiger charge is 2.13. The monoisotopic (exact) mass is 364 g/mol. The summed E-state index contributed by atoms with van der Waals surface area (Å²) in [5.41, 5.74) is 3.16. The number of furan rings is 1. The van der Waals surface area contributed by atoms with Gasteiger partial charge in [0.05, 0.1) is 26.5 Å². The van der Waals surface area contributed by atoms with Crippen LogP contribution in [0.2, 0.25) is 0 Å². The number of nitrogens with zero attached hydrogens (tertiary/aromatic N) is 1. The molecule has 1 amide bonds. The van der Waals surface area contributed by atoms with Crippen molar-refractivity contribution in [2.45, 2.75) is 20.0 Å². The van der Waals surface area contributed by atoms with E-state index in [9.17, 15) is 4.79 Å². The van der Waals surface area contributed by atoms with Gasteiger partial charge >= 0.3 is 0 Å². The summed E-state index contributed by atoms with van der Waals surface area (Å²) in [6.07, 6.45) is 1.64. The van der Waals surface area contributed by atoms with E-state index in [-0.39, 0.29) is 12.5 Å². The van der Waals surface area contributed by atoms with E-state index in [1.54, 1.807) is 13.4 Å². The second-order valence-corrected chi connectivity index (χ2v) is 6.40. The molecule has 140 valence electrons. The topological polar surface area (TPSA) is 54.7 Å². The van der Waals surface area contributed by atoms with E-state index in [0.717, 1.165) is 22.8 Å². The fraction of sp³-hybridized carbons (Fsp3) is 0.227. The molecular formula is C22H24N2O3. The number of ether oxygens (including phenoxy) is 1. The highest BCUT2D eigenvalue weighted by Crippen LogP contribution is 2.18. The van der Waals surface area contributed by atoms with Crippen LogP contribution in [0.4, 0.5) is 5.69 Å². The number of aryl methyl sites for hydroxylation is 1. The first kappa shape index (κ1) is 18.6. The van der Waals surface area contributed by atoms with Crippen LogP contribution in [0.15, 0.2) is 71.3 Å². The molecule has 5 nitrogen and oxygen atoms in total. The van der Waals surface area contributed by atoms with Crippen LogP contribution in [0.25, 0.3) is 0 Å². The Balaban J connectivity index is 1.65. The minimum Gasteiger partial charge on any atom is -0.497 e. The molecule has 0 saturated heterocycles. The van der Waals surface area contributed by atoms with Crippen molar-refractivity contribution in [2.24, 2.45) is 0 Å². The molecule has 3 rings (SSSR count). The van der Waals surface area contributed by atoms with Gasteiger partial charge in [0.15, 0.2) is 0 Å². The summed E-state index contributed by atoms with van der Waals surface area (Å²) in [7, 11) is 1.63. The number of hydrogen-bond acceptors (Lipinski definition) is 4. The van der Waals surface area contributed by atoms with Crippen molar-refractivity contribution in [1.29, 1.82) is 0 Å². The van der Waals surface area contributed by atoms with Crippen LogP contribution in [-0.2, 0) is 17.9 Å². The Morgan fingerprint density at radius 2 is 1.93 bits per heavy atom. The predicted molar refractivity (Wildman–Crippen MR) is 106 cm³/mol. The van der Waals surface area contributed by atoms with Crippen LogP contribution in [0.5, 0.6) is 5.75 Å². The molecule has 0 saturated carbocycles. The average molecular weight is 364 g/mol. The Bertz CT molecular complexity index is 858. The number of benzene rings is 2. The Morgan fingerprint density at radius 1 is 1.11 bits per heavy atom. The summed E-state index contributed by atoms with van der Waals surface area (Å²) in [5.74, 6) is 1.54. The van der Waals surface area contributed by atoms with Gasteiger partial charge < -0.3 is 19.4 Å². The lowest BCUT2D eigenvalue weighted by Crippen LogP contribution is -2.36. The van der Waals surface area contributed by atoms with Gasteiger partial charge in [0.25, 0.3) is 0 Å². The number of carbonyl (C=O) groups is 1. The standard InChI is InChI=1S/C22H24N2O3/c1-17-8-10-19(11-9-17)24(15-21-7-4-12-27-21)16-22(25)23-14-18-5-3-6-20(13-18)26-2/h3-13H,14-16H2,1-2H3,(H,23,25). The molecule has 0 unspecified atom stereocenters. The molecule has 1 N–H and O–H groups in total. The van der Waals surface area contributed by atoms with Crippen molar-refractivity contribution in [3.05, 3.63) is 83.8 Å². The van der Waals surface area contributed by atoms with Crippen molar-refractivity contribution in [1.82, 2.24) is 5.32 Å². The molecule has 1 aromatic heterocycles. The first-order valence-corrected chi connectivity index (χ1v) is 8.87. The Morgan fingerprint density at radius 3 is 2.63 bits per heavy atom. The second-order valence-electron chi connectivity index (χ2n) is 6.40. The smallest absolute Gasteiger partial charge is 0.239 e. The molecule has 0 spiro atoms. The van der Waals surface area contributed by atoms with Gasteiger partial charge in [-0.3, -0.25) is 4.79 Å². The second kappa shape index (κ2) is 8.94. The zero-order valence-electron chi connectivity index (χ0n) is 15.6. The van der Waals surface area contributed by atoms with E-state index in [1.807, 2.05) is 72.5 Å². The van der Waals surface area contributed by atoms with E-state index >= 15 is 0 Å². The maximum absolute atomic E-state index is 12.5. The van der Waals surface area contributed by atoms with Gasteiger partial charge in [-0.2, -0.15) is 0 Å². The summed E-state index contributed by atoms with van der Waals surface area (Å²) < 4.78 is 10.7. The van der Waals surface area contributed by atoms with E-state index in [4.69, 9.17) is 9.15 Å². The normalized spacial score (nSPS) is 10.4. The van der Waals surface area contributed by atoms with Crippen LogP contribution in [0.3, 0.4) is 0 Å². The lowest BCUT2D eigenvalue weighted by molar-refractivity contribution is -0.119. The molecule has 2 aromatic carbocycles. The quantitative estimate of drug-likeness (QED) is 0.658. The SMILES string of the molecule is COc1cccc(CNC(=O)CN(Cc2ccco2)c2ccc(C)cc2)c1. The first-order chi connectivity index (χ1) is 13.1. The largest absolute Gasteiger partial charge is 0.497 e. The fourth-order valence-corrected chi connectivity index (χ4v) is 2.80. The summed E-state index contributed by atoms with van der Waals surface area (Å²) in [6, 6.07) is 19.6. The number of hydrogen-bond donors (Lipinski definition) is 1. The highest BCUT2D eigenvalue weighted by atomic mass is 16.5. The lowest BCUT2D eigenvalue weighted by Gasteiger charge is -2.23. The van der Waals surface area contributed by atoms with Gasteiger partial charge in [0.2, 0.25) is 5.91 Å². The molecule has 0 fully saturated rings. The van der Waals surface area contributed by atoms with Gasteiger partial charge in [-0.25, -0.2) is 0 Å². The molecule has 0 aliphatic rings. The minimum atomic E-state index is -0.0510. The van der Waals surface area contributed by atoms with Crippen LogP contribution in [0, 0.1) is 6.92 Å². The van der Waals surface area contributed by atoms with Gasteiger partial charge in [0, 0.05) is 12.2 Å². The summed E-state index contributed by atoms with van der Waals surface area (Å²) in [6.45, 7) is 3.27. The van der Waals surface area contributed by atoms with Gasteiger partial charge in [-0.05, 0) is 48.9 Å². The van der Waals surface area contributed by atoms with Crippen molar-refractivity contribution in [2.75, 3.05) is 18.6 Å². The number of amides is 1. The van der Waals surface area contributed by atoms with Crippen molar-refractivity contribution < 1.29 is 13.9 Å². The summed E-state index contributed by atoms with van der Waals surface area (Å²) in [5, 5.41) is 2.97. The van der Waals surface area contributed by atoms with Crippen LogP contribution >= 0.6 is 0 Å². The van der Waals surface area contributed by atoms with Crippen molar-refractivity contribution in [3.63, 3.8) is 0 Å². The molecule has 0 atom stereocenters. The van der Waals surface area contributed by atoms with E-state index in [0.29, 0.717) is 13.1 Å². The Hall–Kier alpha value is -3.21. The third-order valence-corrected chi connectivity index (χ3v) is 4.28. The molecule has 0 bridgehead atoms. The number of anilines is 1. The highest BCUT2D eigenvalue weighted by molar-refractivity contribution is 5.81. The van der Waals surface area contributed by atoms with Crippen LogP contribution in [0.1, 0.15) is 16.9 Å². The summed E-state index contributed by atoms with van der Waals surface area (Å²) in [4.78, 5) is 14.5. The predicted octanol–water partition coefficient (Wildman–Crippen LogP) is 3.92. The van der Waals surface area contributed by atoms with E-state index < -0.39 is 0 Å². The van der Waals surface area contributed by atoms with Gasteiger partial charge in [0.1, 0.15) is 11.5 Å². The zero-order valence-corrected chi connectivity index (χ0v) is 15.6. The number of rotatable bonds is 8. The van der Waals surface area contributed by atoms with Gasteiger partial charge in [-0.15, -0.1) is 0 Å². The molecule has 0 aliphatic heterocycles. The molecule has 3 aromatic rings. The fourth-order valence-electron chi connectivity index (χ4n) is 2.80. The summed E-state index contributed by atoms with van der Waals surface area (Å²) >= 11 is 0. The molecule has 0 radical (unpaired) electrons. The van der Waals surface area contributed by atoms with Crippen LogP contribution in [-0.4, -0.2) is 19.6 Å². The third-order valence-electron chi connectivity index (χ3n) is 4.28. The maximum atomic E-state index is 12.5. The maximum Gasteiger partial charge on any atom is 0.239 e. The third kappa shape index (κ3) is 5.38. The molecule has 5 heteroatoms. The van der Waals surface area contributed by atoms with Crippen molar-refractivity contribution >= 4 is 11.6 Å². The number of methoxy groups -OCH3 is 1.